The summed E-state index contributed by atoms with van der Waals surface area (Å²) in [6, 6.07) is 23.5. The van der Waals surface area contributed by atoms with Crippen molar-refractivity contribution in [2.24, 2.45) is 7.05 Å². The molecule has 0 bridgehead atoms. The number of hydrogen-bond donors (Lipinski definition) is 1. The number of para-hydroxylation sites is 1. The zero-order valence-electron chi connectivity index (χ0n) is 21.6. The third-order valence-electron chi connectivity index (χ3n) is 7.30. The van der Waals surface area contributed by atoms with Gasteiger partial charge in [-0.3, -0.25) is 9.59 Å². The SMILES string of the molecule is COCCN1C(=O)c2ccccc2C(C(=O)NCCc2cccc(C)c2)C1c1cn(C)c2ccccc12. The average Bonchev–Trinajstić information content (AvgIpc) is 3.24. The molecule has 2 amide bonds. The van der Waals surface area contributed by atoms with Gasteiger partial charge in [-0.05, 0) is 36.6 Å². The van der Waals surface area contributed by atoms with E-state index in [2.05, 4.69) is 53.3 Å². The van der Waals surface area contributed by atoms with Crippen molar-refractivity contribution in [3.8, 4) is 0 Å². The van der Waals surface area contributed by atoms with Crippen LogP contribution in [0.5, 0.6) is 0 Å². The third-order valence-corrected chi connectivity index (χ3v) is 7.30. The topological polar surface area (TPSA) is 63.6 Å². The Kier molecular flexibility index (Phi) is 7.10. The van der Waals surface area contributed by atoms with Gasteiger partial charge in [-0.2, -0.15) is 0 Å². The van der Waals surface area contributed by atoms with Crippen molar-refractivity contribution in [1.29, 1.82) is 0 Å². The normalized spacial score (nSPS) is 17.2. The molecule has 0 fully saturated rings. The van der Waals surface area contributed by atoms with E-state index in [1.807, 2.05) is 54.4 Å². The predicted molar refractivity (Wildman–Crippen MR) is 146 cm³/mol. The van der Waals surface area contributed by atoms with Gasteiger partial charge in [-0.1, -0.05) is 66.2 Å². The molecule has 5 rings (SSSR count). The first-order chi connectivity index (χ1) is 18.0. The zero-order valence-corrected chi connectivity index (χ0v) is 21.6. The Hall–Kier alpha value is -3.90. The van der Waals surface area contributed by atoms with Crippen LogP contribution in [-0.2, 0) is 23.0 Å². The molecule has 0 aliphatic carbocycles. The van der Waals surface area contributed by atoms with Gasteiger partial charge in [0.05, 0.1) is 18.6 Å². The summed E-state index contributed by atoms with van der Waals surface area (Å²) in [5.41, 5.74) is 5.77. The zero-order chi connectivity index (χ0) is 25.9. The van der Waals surface area contributed by atoms with Gasteiger partial charge < -0.3 is 19.5 Å². The summed E-state index contributed by atoms with van der Waals surface area (Å²) in [7, 11) is 3.63. The van der Waals surface area contributed by atoms with Crippen LogP contribution in [0.25, 0.3) is 10.9 Å². The van der Waals surface area contributed by atoms with Gasteiger partial charge in [0.2, 0.25) is 5.91 Å². The van der Waals surface area contributed by atoms with Crippen LogP contribution in [0.15, 0.2) is 79.0 Å². The fourth-order valence-corrected chi connectivity index (χ4v) is 5.57. The first-order valence-electron chi connectivity index (χ1n) is 12.8. The number of methoxy groups -OCH3 is 1. The van der Waals surface area contributed by atoms with Crippen molar-refractivity contribution in [3.63, 3.8) is 0 Å². The van der Waals surface area contributed by atoms with E-state index in [1.165, 1.54) is 11.1 Å². The smallest absolute Gasteiger partial charge is 0.254 e. The molecule has 4 aromatic rings. The fraction of sp³-hybridized carbons (Fsp3) is 0.290. The largest absolute Gasteiger partial charge is 0.383 e. The summed E-state index contributed by atoms with van der Waals surface area (Å²) in [6.45, 7) is 3.37. The van der Waals surface area contributed by atoms with Crippen molar-refractivity contribution < 1.29 is 14.3 Å². The number of aryl methyl sites for hydroxylation is 2. The second kappa shape index (κ2) is 10.6. The van der Waals surface area contributed by atoms with Crippen molar-refractivity contribution >= 4 is 22.7 Å². The van der Waals surface area contributed by atoms with E-state index in [1.54, 1.807) is 7.11 Å². The molecule has 37 heavy (non-hydrogen) atoms. The van der Waals surface area contributed by atoms with Crippen LogP contribution in [0.2, 0.25) is 0 Å². The summed E-state index contributed by atoms with van der Waals surface area (Å²) in [5.74, 6) is -0.698. The molecule has 1 aliphatic heterocycles. The number of fused-ring (bicyclic) bond motifs is 2. The van der Waals surface area contributed by atoms with E-state index in [0.29, 0.717) is 25.3 Å². The summed E-state index contributed by atoms with van der Waals surface area (Å²) < 4.78 is 7.44. The Morgan fingerprint density at radius 2 is 1.78 bits per heavy atom. The number of ether oxygens (including phenoxy) is 1. The molecule has 1 aromatic heterocycles. The van der Waals surface area contributed by atoms with E-state index in [9.17, 15) is 9.59 Å². The molecule has 2 atom stereocenters. The Labute approximate surface area is 217 Å². The van der Waals surface area contributed by atoms with Gasteiger partial charge in [-0.15, -0.1) is 0 Å². The molecule has 6 nitrogen and oxygen atoms in total. The van der Waals surface area contributed by atoms with E-state index in [4.69, 9.17) is 4.74 Å². The molecule has 0 saturated heterocycles. The van der Waals surface area contributed by atoms with Gasteiger partial charge in [0.25, 0.3) is 5.91 Å². The van der Waals surface area contributed by atoms with Gasteiger partial charge in [-0.25, -0.2) is 0 Å². The van der Waals surface area contributed by atoms with Gasteiger partial charge in [0, 0.05) is 55.5 Å². The molecule has 190 valence electrons. The number of rotatable bonds is 8. The van der Waals surface area contributed by atoms with Crippen LogP contribution in [0.3, 0.4) is 0 Å². The summed E-state index contributed by atoms with van der Waals surface area (Å²) in [4.78, 5) is 29.6. The minimum Gasteiger partial charge on any atom is -0.383 e. The number of benzene rings is 3. The molecule has 0 spiro atoms. The van der Waals surface area contributed by atoms with Gasteiger partial charge in [0.15, 0.2) is 0 Å². The molecule has 3 aromatic carbocycles. The predicted octanol–water partition coefficient (Wildman–Crippen LogP) is 4.77. The first-order valence-corrected chi connectivity index (χ1v) is 12.8. The second-order valence-electron chi connectivity index (χ2n) is 9.74. The van der Waals surface area contributed by atoms with E-state index >= 15 is 0 Å². The lowest BCUT2D eigenvalue weighted by atomic mass is 9.79. The van der Waals surface area contributed by atoms with Crippen molar-refractivity contribution in [1.82, 2.24) is 14.8 Å². The highest BCUT2D eigenvalue weighted by molar-refractivity contribution is 6.02. The minimum absolute atomic E-state index is 0.0746. The van der Waals surface area contributed by atoms with Crippen molar-refractivity contribution in [2.45, 2.75) is 25.3 Å². The highest BCUT2D eigenvalue weighted by atomic mass is 16.5. The Balaban J connectivity index is 1.56. The van der Waals surface area contributed by atoms with Crippen molar-refractivity contribution in [2.75, 3.05) is 26.8 Å². The molecule has 2 unspecified atom stereocenters. The van der Waals surface area contributed by atoms with E-state index in [-0.39, 0.29) is 11.8 Å². The van der Waals surface area contributed by atoms with Crippen LogP contribution in [-0.4, -0.2) is 48.1 Å². The monoisotopic (exact) mass is 495 g/mol. The number of hydrogen-bond acceptors (Lipinski definition) is 3. The number of carbonyl (C=O) groups is 2. The van der Waals surface area contributed by atoms with Crippen LogP contribution in [0, 0.1) is 6.92 Å². The molecule has 6 heteroatoms. The molecule has 0 radical (unpaired) electrons. The minimum atomic E-state index is -0.547. The van der Waals surface area contributed by atoms with Crippen LogP contribution < -0.4 is 5.32 Å². The van der Waals surface area contributed by atoms with Gasteiger partial charge in [0.1, 0.15) is 0 Å². The lowest BCUT2D eigenvalue weighted by molar-refractivity contribution is -0.124. The quantitative estimate of drug-likeness (QED) is 0.383. The summed E-state index contributed by atoms with van der Waals surface area (Å²) >= 11 is 0. The Morgan fingerprint density at radius 3 is 2.59 bits per heavy atom. The van der Waals surface area contributed by atoms with Crippen LogP contribution >= 0.6 is 0 Å². The van der Waals surface area contributed by atoms with E-state index < -0.39 is 12.0 Å². The third kappa shape index (κ3) is 4.77. The van der Waals surface area contributed by atoms with Crippen LogP contribution in [0.4, 0.5) is 0 Å². The number of nitrogens with one attached hydrogen (secondary N) is 1. The molecule has 1 N–H and O–H groups in total. The highest BCUT2D eigenvalue weighted by Gasteiger charge is 2.44. The standard InChI is InChI=1S/C31H33N3O3/c1-21-9-8-10-22(19-21)15-16-32-30(35)28-24-12-4-5-13-25(24)31(36)34(17-18-37-3)29(28)26-20-33(2)27-14-7-6-11-23(26)27/h4-14,19-20,28-29H,15-18H2,1-3H3,(H,32,35). The Bertz CT molecular complexity index is 1440. The number of carbonyl (C=O) groups excluding carboxylic acids is 2. The molecular formula is C31H33N3O3. The van der Waals surface area contributed by atoms with Crippen LogP contribution in [0.1, 0.15) is 44.6 Å². The Morgan fingerprint density at radius 1 is 1.00 bits per heavy atom. The maximum atomic E-state index is 14.0. The lowest BCUT2D eigenvalue weighted by Crippen LogP contribution is -2.48. The maximum Gasteiger partial charge on any atom is 0.254 e. The number of aromatic nitrogens is 1. The van der Waals surface area contributed by atoms with E-state index in [0.717, 1.165) is 28.5 Å². The average molecular weight is 496 g/mol. The molecule has 2 heterocycles. The summed E-state index contributed by atoms with van der Waals surface area (Å²) in [5, 5.41) is 4.24. The highest BCUT2D eigenvalue weighted by Crippen LogP contribution is 2.45. The molecular weight excluding hydrogens is 462 g/mol. The fourth-order valence-electron chi connectivity index (χ4n) is 5.57. The lowest BCUT2D eigenvalue weighted by Gasteiger charge is -2.41. The number of nitrogens with zero attached hydrogens (tertiary/aromatic N) is 2. The summed E-state index contributed by atoms with van der Waals surface area (Å²) in [6.07, 6.45) is 2.80. The first kappa shape index (κ1) is 24.8. The molecule has 0 saturated carbocycles. The number of amides is 2. The van der Waals surface area contributed by atoms with Crippen molar-refractivity contribution in [3.05, 3.63) is 107 Å². The maximum absolute atomic E-state index is 14.0. The second-order valence-corrected chi connectivity index (χ2v) is 9.74. The van der Waals surface area contributed by atoms with Gasteiger partial charge >= 0.3 is 0 Å². The molecule has 1 aliphatic rings.